The number of benzene rings is 1. The highest BCUT2D eigenvalue weighted by Gasteiger charge is 2.61. The maximum Gasteiger partial charge on any atom is 0.230 e. The standard InChI is InChI=1S/C14H18N2O/c1-10(11-5-3-2-4-6-11)16-9-12(15)14(7-8-14)13(16)17/h2-6,10,12H,7-9,15H2,1H3/t10-,12-/m1/s1. The van der Waals surface area contributed by atoms with Gasteiger partial charge in [-0.05, 0) is 25.3 Å². The second-order valence-corrected chi connectivity index (χ2v) is 5.31. The Morgan fingerprint density at radius 1 is 1.35 bits per heavy atom. The lowest BCUT2D eigenvalue weighted by Gasteiger charge is -2.25. The summed E-state index contributed by atoms with van der Waals surface area (Å²) in [7, 11) is 0. The number of amides is 1. The van der Waals surface area contributed by atoms with Crippen molar-refractivity contribution in [2.24, 2.45) is 11.1 Å². The summed E-state index contributed by atoms with van der Waals surface area (Å²) in [5, 5.41) is 0. The number of hydrogen-bond donors (Lipinski definition) is 1. The quantitative estimate of drug-likeness (QED) is 0.840. The average molecular weight is 230 g/mol. The Hall–Kier alpha value is -1.35. The minimum absolute atomic E-state index is 0.0289. The second-order valence-electron chi connectivity index (χ2n) is 5.31. The highest BCUT2D eigenvalue weighted by molar-refractivity contribution is 5.89. The van der Waals surface area contributed by atoms with Crippen LogP contribution in [0.5, 0.6) is 0 Å². The van der Waals surface area contributed by atoms with Crippen LogP contribution in [0.25, 0.3) is 0 Å². The topological polar surface area (TPSA) is 46.3 Å². The van der Waals surface area contributed by atoms with Crippen LogP contribution < -0.4 is 5.73 Å². The predicted molar refractivity (Wildman–Crippen MR) is 66.2 cm³/mol. The smallest absolute Gasteiger partial charge is 0.230 e. The first kappa shape index (κ1) is 10.8. The summed E-state index contributed by atoms with van der Waals surface area (Å²) >= 11 is 0. The van der Waals surface area contributed by atoms with Crippen LogP contribution in [-0.4, -0.2) is 23.4 Å². The van der Waals surface area contributed by atoms with Crippen LogP contribution in [0.15, 0.2) is 30.3 Å². The van der Waals surface area contributed by atoms with Gasteiger partial charge in [-0.2, -0.15) is 0 Å². The lowest BCUT2D eigenvalue weighted by molar-refractivity contribution is -0.133. The van der Waals surface area contributed by atoms with Gasteiger partial charge in [0.25, 0.3) is 0 Å². The molecule has 0 radical (unpaired) electrons. The number of carbonyl (C=O) groups excluding carboxylic acids is 1. The van der Waals surface area contributed by atoms with E-state index >= 15 is 0 Å². The van der Waals surface area contributed by atoms with Crippen LogP contribution in [0.2, 0.25) is 0 Å². The molecule has 1 aliphatic heterocycles. The fraction of sp³-hybridized carbons (Fsp3) is 0.500. The van der Waals surface area contributed by atoms with Crippen molar-refractivity contribution in [1.29, 1.82) is 0 Å². The summed E-state index contributed by atoms with van der Waals surface area (Å²) in [6, 6.07) is 10.3. The van der Waals surface area contributed by atoms with Crippen LogP contribution in [0, 0.1) is 5.41 Å². The summed E-state index contributed by atoms with van der Waals surface area (Å²) in [6.07, 6.45) is 1.95. The van der Waals surface area contributed by atoms with Crippen molar-refractivity contribution in [3.63, 3.8) is 0 Å². The highest BCUT2D eigenvalue weighted by atomic mass is 16.2. The van der Waals surface area contributed by atoms with Crippen molar-refractivity contribution < 1.29 is 4.79 Å². The normalized spacial score (nSPS) is 27.5. The van der Waals surface area contributed by atoms with E-state index in [1.165, 1.54) is 5.56 Å². The first-order valence-electron chi connectivity index (χ1n) is 6.27. The minimum Gasteiger partial charge on any atom is -0.334 e. The molecule has 90 valence electrons. The molecule has 1 heterocycles. The molecule has 2 fully saturated rings. The van der Waals surface area contributed by atoms with Crippen LogP contribution in [-0.2, 0) is 4.79 Å². The SMILES string of the molecule is C[C@H](c1ccccc1)N1C[C@@H](N)C2(CC2)C1=O. The third-order valence-electron chi connectivity index (χ3n) is 4.33. The third kappa shape index (κ3) is 1.49. The summed E-state index contributed by atoms with van der Waals surface area (Å²) in [4.78, 5) is 14.3. The van der Waals surface area contributed by atoms with Crippen molar-refractivity contribution >= 4 is 5.91 Å². The maximum atomic E-state index is 12.4. The molecule has 1 saturated heterocycles. The molecule has 1 spiro atoms. The van der Waals surface area contributed by atoms with Crippen molar-refractivity contribution in [1.82, 2.24) is 4.90 Å². The Bertz CT molecular complexity index is 439. The first-order chi connectivity index (χ1) is 8.15. The number of nitrogens with zero attached hydrogens (tertiary/aromatic N) is 1. The van der Waals surface area contributed by atoms with Crippen molar-refractivity contribution in [3.05, 3.63) is 35.9 Å². The fourth-order valence-electron chi connectivity index (χ4n) is 2.88. The van der Waals surface area contributed by atoms with Gasteiger partial charge in [0.1, 0.15) is 0 Å². The van der Waals surface area contributed by atoms with Gasteiger partial charge in [0, 0.05) is 12.6 Å². The fourth-order valence-corrected chi connectivity index (χ4v) is 2.88. The van der Waals surface area contributed by atoms with Gasteiger partial charge in [-0.25, -0.2) is 0 Å². The molecule has 1 aliphatic carbocycles. The summed E-state index contributed by atoms with van der Waals surface area (Å²) < 4.78 is 0. The molecule has 0 aromatic heterocycles. The van der Waals surface area contributed by atoms with E-state index in [1.807, 2.05) is 23.1 Å². The van der Waals surface area contributed by atoms with Crippen LogP contribution in [0.1, 0.15) is 31.4 Å². The Morgan fingerprint density at radius 3 is 2.53 bits per heavy atom. The molecule has 1 amide bonds. The molecule has 1 aromatic rings. The number of rotatable bonds is 2. The van der Waals surface area contributed by atoms with Gasteiger partial charge in [-0.15, -0.1) is 0 Å². The van der Waals surface area contributed by atoms with Crippen molar-refractivity contribution in [3.8, 4) is 0 Å². The van der Waals surface area contributed by atoms with E-state index in [9.17, 15) is 4.79 Å². The average Bonchev–Trinajstić information content (AvgIpc) is 3.12. The third-order valence-corrected chi connectivity index (χ3v) is 4.33. The molecular weight excluding hydrogens is 212 g/mol. The zero-order chi connectivity index (χ0) is 12.0. The highest BCUT2D eigenvalue weighted by Crippen LogP contribution is 2.54. The van der Waals surface area contributed by atoms with E-state index in [0.717, 1.165) is 12.8 Å². The van der Waals surface area contributed by atoms with Crippen molar-refractivity contribution in [2.45, 2.75) is 31.8 Å². The van der Waals surface area contributed by atoms with E-state index in [2.05, 4.69) is 19.1 Å². The lowest BCUT2D eigenvalue weighted by atomic mass is 10.0. The Labute approximate surface area is 102 Å². The lowest BCUT2D eigenvalue weighted by Crippen LogP contribution is -2.31. The predicted octanol–water partition coefficient (Wildman–Crippen LogP) is 1.70. The molecule has 1 saturated carbocycles. The minimum atomic E-state index is -0.191. The summed E-state index contributed by atoms with van der Waals surface area (Å²) in [5.74, 6) is 0.265. The zero-order valence-electron chi connectivity index (χ0n) is 10.1. The van der Waals surface area contributed by atoms with Gasteiger partial charge in [-0.3, -0.25) is 4.79 Å². The van der Waals surface area contributed by atoms with Gasteiger partial charge < -0.3 is 10.6 Å². The molecule has 17 heavy (non-hydrogen) atoms. The number of likely N-dealkylation sites (tertiary alicyclic amines) is 1. The number of nitrogens with two attached hydrogens (primary N) is 1. The molecule has 0 unspecified atom stereocenters. The van der Waals surface area contributed by atoms with Crippen LogP contribution in [0.3, 0.4) is 0 Å². The van der Waals surface area contributed by atoms with E-state index in [4.69, 9.17) is 5.73 Å². The van der Waals surface area contributed by atoms with E-state index in [-0.39, 0.29) is 23.4 Å². The first-order valence-corrected chi connectivity index (χ1v) is 6.27. The molecule has 2 aliphatic rings. The number of carbonyl (C=O) groups is 1. The van der Waals surface area contributed by atoms with Gasteiger partial charge in [0.2, 0.25) is 5.91 Å². The molecule has 2 N–H and O–H groups in total. The van der Waals surface area contributed by atoms with E-state index in [0.29, 0.717) is 6.54 Å². The van der Waals surface area contributed by atoms with Crippen LogP contribution >= 0.6 is 0 Å². The van der Waals surface area contributed by atoms with Crippen LogP contribution in [0.4, 0.5) is 0 Å². The van der Waals surface area contributed by atoms with E-state index < -0.39 is 0 Å². The second kappa shape index (κ2) is 3.57. The summed E-state index contributed by atoms with van der Waals surface area (Å²) in [6.45, 7) is 2.79. The molecule has 2 atom stereocenters. The molecule has 0 bridgehead atoms. The molecule has 3 rings (SSSR count). The van der Waals surface area contributed by atoms with E-state index in [1.54, 1.807) is 0 Å². The Kier molecular flexibility index (Phi) is 2.26. The molecule has 3 nitrogen and oxygen atoms in total. The van der Waals surface area contributed by atoms with Gasteiger partial charge in [0.05, 0.1) is 11.5 Å². The monoisotopic (exact) mass is 230 g/mol. The maximum absolute atomic E-state index is 12.4. The van der Waals surface area contributed by atoms with Crippen molar-refractivity contribution in [2.75, 3.05) is 6.54 Å². The molecule has 1 aromatic carbocycles. The number of hydrogen-bond acceptors (Lipinski definition) is 2. The summed E-state index contributed by atoms with van der Waals surface area (Å²) in [5.41, 5.74) is 7.10. The molecule has 3 heteroatoms. The van der Waals surface area contributed by atoms with Gasteiger partial charge in [0.15, 0.2) is 0 Å². The zero-order valence-corrected chi connectivity index (χ0v) is 10.1. The largest absolute Gasteiger partial charge is 0.334 e. The van der Waals surface area contributed by atoms with Gasteiger partial charge in [-0.1, -0.05) is 30.3 Å². The Morgan fingerprint density at radius 2 is 2.00 bits per heavy atom. The van der Waals surface area contributed by atoms with Gasteiger partial charge >= 0.3 is 0 Å². The molecular formula is C14H18N2O. The Balaban J connectivity index is 1.84.